The molecule has 0 aliphatic heterocycles. The predicted octanol–water partition coefficient (Wildman–Crippen LogP) is 6.46. The third-order valence-corrected chi connectivity index (χ3v) is 6.56. The van der Waals surface area contributed by atoms with Gasteiger partial charge in [-0.2, -0.15) is 0 Å². The van der Waals surface area contributed by atoms with E-state index in [0.717, 1.165) is 23.2 Å². The zero-order valence-electron chi connectivity index (χ0n) is 21.8. The number of rotatable bonds is 10. The summed E-state index contributed by atoms with van der Waals surface area (Å²) in [7, 11) is 3.91. The monoisotopic (exact) mass is 489 g/mol. The van der Waals surface area contributed by atoms with Crippen LogP contribution >= 0.6 is 0 Å². The molecule has 0 radical (unpaired) electrons. The second kappa shape index (κ2) is 12.3. The van der Waals surface area contributed by atoms with Crippen molar-refractivity contribution >= 4 is 23.2 Å². The van der Waals surface area contributed by atoms with Crippen LogP contribution in [0.25, 0.3) is 0 Å². The van der Waals surface area contributed by atoms with Gasteiger partial charge in [-0.3, -0.25) is 9.59 Å². The van der Waals surface area contributed by atoms with Crippen LogP contribution in [0, 0.1) is 5.82 Å². The van der Waals surface area contributed by atoms with Crippen LogP contribution in [0.3, 0.4) is 0 Å². The maximum absolute atomic E-state index is 13.8. The number of anilines is 2. The third-order valence-electron chi connectivity index (χ3n) is 6.56. The SMILES string of the molecule is CC[C@@H](C)N(Cc1cc(NC(=O)c2cccc(F)c2)ccc1N(C)C)C(=O)[C@H](CC)c1ccccc1. The lowest BCUT2D eigenvalue weighted by atomic mass is 9.94. The highest BCUT2D eigenvalue weighted by Gasteiger charge is 2.28. The smallest absolute Gasteiger partial charge is 0.255 e. The van der Waals surface area contributed by atoms with Gasteiger partial charge in [0.1, 0.15) is 5.82 Å². The Morgan fingerprint density at radius 2 is 1.64 bits per heavy atom. The topological polar surface area (TPSA) is 52.7 Å². The van der Waals surface area contributed by atoms with Gasteiger partial charge in [-0.1, -0.05) is 50.2 Å². The molecular weight excluding hydrogens is 453 g/mol. The average Bonchev–Trinajstić information content (AvgIpc) is 2.87. The van der Waals surface area contributed by atoms with Crippen molar-refractivity contribution in [1.82, 2.24) is 4.90 Å². The summed E-state index contributed by atoms with van der Waals surface area (Å²) in [6.45, 7) is 6.60. The fourth-order valence-corrected chi connectivity index (χ4v) is 4.35. The Bertz CT molecular complexity index is 1180. The van der Waals surface area contributed by atoms with E-state index in [1.54, 1.807) is 6.07 Å². The number of hydrogen-bond donors (Lipinski definition) is 1. The number of carbonyl (C=O) groups excluding carboxylic acids is 2. The molecule has 190 valence electrons. The van der Waals surface area contributed by atoms with Crippen molar-refractivity contribution in [3.63, 3.8) is 0 Å². The van der Waals surface area contributed by atoms with Gasteiger partial charge < -0.3 is 15.1 Å². The largest absolute Gasteiger partial charge is 0.377 e. The fourth-order valence-electron chi connectivity index (χ4n) is 4.35. The summed E-state index contributed by atoms with van der Waals surface area (Å²) < 4.78 is 13.6. The summed E-state index contributed by atoms with van der Waals surface area (Å²) in [5.41, 5.74) is 3.75. The maximum atomic E-state index is 13.8. The van der Waals surface area contributed by atoms with Gasteiger partial charge in [0.25, 0.3) is 5.91 Å². The Morgan fingerprint density at radius 1 is 0.917 bits per heavy atom. The summed E-state index contributed by atoms with van der Waals surface area (Å²) in [5, 5.41) is 2.87. The van der Waals surface area contributed by atoms with Crippen LogP contribution in [-0.4, -0.2) is 36.9 Å². The molecule has 0 aliphatic carbocycles. The minimum atomic E-state index is -0.460. The van der Waals surface area contributed by atoms with E-state index in [-0.39, 0.29) is 29.3 Å². The minimum Gasteiger partial charge on any atom is -0.377 e. The molecule has 2 amide bonds. The van der Waals surface area contributed by atoms with E-state index in [1.807, 2.05) is 79.3 Å². The predicted molar refractivity (Wildman–Crippen MR) is 145 cm³/mol. The molecule has 3 aromatic rings. The average molecular weight is 490 g/mol. The van der Waals surface area contributed by atoms with Crippen molar-refractivity contribution in [3.8, 4) is 0 Å². The van der Waals surface area contributed by atoms with Gasteiger partial charge in [0.2, 0.25) is 5.91 Å². The zero-order chi connectivity index (χ0) is 26.2. The number of hydrogen-bond acceptors (Lipinski definition) is 3. The number of benzene rings is 3. The van der Waals surface area contributed by atoms with Gasteiger partial charge in [0.05, 0.1) is 5.92 Å². The molecule has 0 unspecified atom stereocenters. The quantitative estimate of drug-likeness (QED) is 0.355. The van der Waals surface area contributed by atoms with Crippen molar-refractivity contribution < 1.29 is 14.0 Å². The first kappa shape index (κ1) is 26.9. The van der Waals surface area contributed by atoms with Gasteiger partial charge in [0.15, 0.2) is 0 Å². The van der Waals surface area contributed by atoms with Gasteiger partial charge in [0, 0.05) is 43.6 Å². The molecule has 0 saturated carbocycles. The second-order valence-electron chi connectivity index (χ2n) is 9.30. The number of amides is 2. The zero-order valence-corrected chi connectivity index (χ0v) is 21.8. The van der Waals surface area contributed by atoms with E-state index in [1.165, 1.54) is 18.2 Å². The molecule has 0 spiro atoms. The van der Waals surface area contributed by atoms with E-state index in [9.17, 15) is 14.0 Å². The molecule has 0 aromatic heterocycles. The lowest BCUT2D eigenvalue weighted by molar-refractivity contribution is -0.135. The van der Waals surface area contributed by atoms with Crippen LogP contribution < -0.4 is 10.2 Å². The molecule has 2 atom stereocenters. The Hall–Kier alpha value is -3.67. The molecule has 5 nitrogen and oxygen atoms in total. The van der Waals surface area contributed by atoms with Gasteiger partial charge in [-0.15, -0.1) is 0 Å². The van der Waals surface area contributed by atoms with Crippen molar-refractivity contribution in [1.29, 1.82) is 0 Å². The molecule has 0 heterocycles. The highest BCUT2D eigenvalue weighted by atomic mass is 19.1. The minimum absolute atomic E-state index is 0.0378. The third kappa shape index (κ3) is 6.51. The summed E-state index contributed by atoms with van der Waals surface area (Å²) in [4.78, 5) is 30.5. The van der Waals surface area contributed by atoms with Crippen molar-refractivity contribution in [3.05, 3.63) is 95.3 Å². The normalized spacial score (nSPS) is 12.5. The van der Waals surface area contributed by atoms with Crippen molar-refractivity contribution in [2.24, 2.45) is 0 Å². The van der Waals surface area contributed by atoms with E-state index >= 15 is 0 Å². The molecule has 0 bridgehead atoms. The standard InChI is InChI=1S/C30H36FN3O2/c1-6-21(3)34(30(36)27(7-2)22-12-9-8-10-13-22)20-24-19-26(16-17-28(24)33(4)5)32-29(35)23-14-11-15-25(31)18-23/h8-19,21,27H,6-7,20H2,1-5H3,(H,32,35)/t21-,27-/m1/s1. The molecule has 0 saturated heterocycles. The highest BCUT2D eigenvalue weighted by molar-refractivity contribution is 6.04. The maximum Gasteiger partial charge on any atom is 0.255 e. The van der Waals surface area contributed by atoms with Crippen LogP contribution in [0.1, 0.15) is 61.0 Å². The van der Waals surface area contributed by atoms with E-state index < -0.39 is 5.82 Å². The summed E-state index contributed by atoms with van der Waals surface area (Å²) in [6.07, 6.45) is 1.53. The highest BCUT2D eigenvalue weighted by Crippen LogP contribution is 2.29. The lowest BCUT2D eigenvalue weighted by Crippen LogP contribution is -2.41. The number of nitrogens with zero attached hydrogens (tertiary/aromatic N) is 2. The van der Waals surface area contributed by atoms with Crippen molar-refractivity contribution in [2.45, 2.75) is 52.1 Å². The fraction of sp³-hybridized carbons (Fsp3) is 0.333. The molecule has 3 rings (SSSR count). The first-order valence-electron chi connectivity index (χ1n) is 12.5. The Balaban J connectivity index is 1.93. The Labute approximate surface area is 213 Å². The second-order valence-corrected chi connectivity index (χ2v) is 9.30. The molecule has 0 fully saturated rings. The van der Waals surface area contributed by atoms with Crippen molar-refractivity contribution in [2.75, 3.05) is 24.3 Å². The molecule has 1 N–H and O–H groups in total. The van der Waals surface area contributed by atoms with E-state index in [0.29, 0.717) is 18.7 Å². The molecule has 0 aliphatic rings. The van der Waals surface area contributed by atoms with Crippen LogP contribution in [0.5, 0.6) is 0 Å². The van der Waals surface area contributed by atoms with Gasteiger partial charge in [-0.05, 0) is 67.3 Å². The van der Waals surface area contributed by atoms with E-state index in [4.69, 9.17) is 0 Å². The first-order chi connectivity index (χ1) is 17.2. The number of halogens is 1. The summed E-state index contributed by atoms with van der Waals surface area (Å²) in [6, 6.07) is 21.2. The molecule has 3 aromatic carbocycles. The molecule has 6 heteroatoms. The Kier molecular flexibility index (Phi) is 9.23. The summed E-state index contributed by atoms with van der Waals surface area (Å²) in [5.74, 6) is -0.975. The van der Waals surface area contributed by atoms with Gasteiger partial charge in [-0.25, -0.2) is 4.39 Å². The van der Waals surface area contributed by atoms with Crippen LogP contribution in [-0.2, 0) is 11.3 Å². The lowest BCUT2D eigenvalue weighted by Gasteiger charge is -2.33. The molecular formula is C30H36FN3O2. The van der Waals surface area contributed by atoms with Crippen LogP contribution in [0.4, 0.5) is 15.8 Å². The van der Waals surface area contributed by atoms with Gasteiger partial charge >= 0.3 is 0 Å². The molecule has 36 heavy (non-hydrogen) atoms. The first-order valence-corrected chi connectivity index (χ1v) is 12.5. The number of carbonyl (C=O) groups is 2. The van der Waals surface area contributed by atoms with Crippen LogP contribution in [0.15, 0.2) is 72.8 Å². The Morgan fingerprint density at radius 3 is 2.25 bits per heavy atom. The van der Waals surface area contributed by atoms with Crippen LogP contribution in [0.2, 0.25) is 0 Å². The van der Waals surface area contributed by atoms with E-state index in [2.05, 4.69) is 19.2 Å². The number of nitrogens with one attached hydrogen (secondary N) is 1. The summed E-state index contributed by atoms with van der Waals surface area (Å²) >= 11 is 0.